The second-order valence-corrected chi connectivity index (χ2v) is 5.77. The molecule has 0 N–H and O–H groups in total. The van der Waals surface area contributed by atoms with Gasteiger partial charge in [0.05, 0.1) is 12.7 Å². The number of Topliss-reactive ketones (excluding diaryl/α,β-unsaturated/α-hetero) is 1. The molecule has 0 spiro atoms. The zero-order valence-corrected chi connectivity index (χ0v) is 12.1. The summed E-state index contributed by atoms with van der Waals surface area (Å²) in [7, 11) is 0. The van der Waals surface area contributed by atoms with Gasteiger partial charge in [0.25, 0.3) is 0 Å². The summed E-state index contributed by atoms with van der Waals surface area (Å²) in [6.45, 7) is 8.51. The molecule has 102 valence electrons. The van der Waals surface area contributed by atoms with Gasteiger partial charge in [0.2, 0.25) is 0 Å². The van der Waals surface area contributed by atoms with Gasteiger partial charge in [0, 0.05) is 6.42 Å². The van der Waals surface area contributed by atoms with E-state index < -0.39 is 5.92 Å². The van der Waals surface area contributed by atoms with Gasteiger partial charge >= 0.3 is 0 Å². The number of carbonyl (C=O) groups excluding carboxylic acids is 1. The lowest BCUT2D eigenvalue weighted by atomic mass is 9.84. The Morgan fingerprint density at radius 3 is 2.32 bits per heavy atom. The molecule has 1 rings (SSSR count). The summed E-state index contributed by atoms with van der Waals surface area (Å²) in [5.41, 5.74) is 0.637. The molecule has 0 aliphatic heterocycles. The Hall–Kier alpha value is -1.82. The molecule has 0 heterocycles. The van der Waals surface area contributed by atoms with E-state index in [-0.39, 0.29) is 11.2 Å². The Labute approximate surface area is 115 Å². The van der Waals surface area contributed by atoms with Crippen molar-refractivity contribution < 1.29 is 9.53 Å². The fourth-order valence-corrected chi connectivity index (χ4v) is 1.88. The van der Waals surface area contributed by atoms with Crippen LogP contribution in [-0.4, -0.2) is 12.4 Å². The maximum Gasteiger partial charge on any atom is 0.154 e. The molecule has 0 radical (unpaired) electrons. The first-order chi connectivity index (χ1) is 8.87. The Bertz CT molecular complexity index is 463. The van der Waals surface area contributed by atoms with E-state index in [1.54, 1.807) is 24.3 Å². The second kappa shape index (κ2) is 6.38. The van der Waals surface area contributed by atoms with Crippen LogP contribution in [0.1, 0.15) is 45.6 Å². The van der Waals surface area contributed by atoms with Crippen LogP contribution < -0.4 is 4.74 Å². The summed E-state index contributed by atoms with van der Waals surface area (Å²) < 4.78 is 5.35. The molecule has 3 nitrogen and oxygen atoms in total. The van der Waals surface area contributed by atoms with Crippen molar-refractivity contribution in [3.8, 4) is 11.8 Å². The van der Waals surface area contributed by atoms with Gasteiger partial charge in [-0.1, -0.05) is 32.9 Å². The van der Waals surface area contributed by atoms with Crippen LogP contribution in [-0.2, 0) is 4.79 Å². The van der Waals surface area contributed by atoms with Crippen LogP contribution in [0.3, 0.4) is 0 Å². The lowest BCUT2D eigenvalue weighted by Crippen LogP contribution is -2.18. The van der Waals surface area contributed by atoms with Crippen LogP contribution >= 0.6 is 0 Å². The van der Waals surface area contributed by atoms with Gasteiger partial charge < -0.3 is 4.74 Å². The number of benzene rings is 1. The van der Waals surface area contributed by atoms with Crippen LogP contribution in [0.5, 0.6) is 5.75 Å². The normalized spacial score (nSPS) is 12.6. The maximum atomic E-state index is 12.1. The molecule has 0 bridgehead atoms. The molecule has 1 aromatic rings. The molecule has 0 aliphatic carbocycles. The summed E-state index contributed by atoms with van der Waals surface area (Å²) in [5, 5.41) is 9.22. The summed E-state index contributed by atoms with van der Waals surface area (Å²) in [6, 6.07) is 9.28. The average Bonchev–Trinajstić information content (AvgIpc) is 2.30. The predicted octanol–water partition coefficient (Wildman–Crippen LogP) is 3.70. The number of carbonyl (C=O) groups is 1. The van der Waals surface area contributed by atoms with E-state index in [1.165, 1.54) is 0 Å². The number of nitriles is 1. The van der Waals surface area contributed by atoms with Crippen LogP contribution in [0, 0.1) is 16.7 Å². The number of hydrogen-bond acceptors (Lipinski definition) is 3. The average molecular weight is 259 g/mol. The number of rotatable bonds is 5. The summed E-state index contributed by atoms with van der Waals surface area (Å²) in [6.07, 6.45) is 0.401. The van der Waals surface area contributed by atoms with Gasteiger partial charge in [-0.25, -0.2) is 0 Å². The third-order valence-electron chi connectivity index (χ3n) is 2.68. The molecule has 1 atom stereocenters. The summed E-state index contributed by atoms with van der Waals surface area (Å²) in [4.78, 5) is 12.1. The SMILES string of the molecule is CCOc1ccc(C(C#N)C(=O)CC(C)(C)C)cc1. The van der Waals surface area contributed by atoms with Gasteiger partial charge in [0.1, 0.15) is 11.7 Å². The van der Waals surface area contributed by atoms with E-state index in [1.807, 2.05) is 27.7 Å². The van der Waals surface area contributed by atoms with E-state index in [2.05, 4.69) is 6.07 Å². The highest BCUT2D eigenvalue weighted by atomic mass is 16.5. The van der Waals surface area contributed by atoms with Gasteiger partial charge in [-0.15, -0.1) is 0 Å². The van der Waals surface area contributed by atoms with Crippen molar-refractivity contribution in [2.45, 2.75) is 40.0 Å². The molecule has 19 heavy (non-hydrogen) atoms. The van der Waals surface area contributed by atoms with Crippen molar-refractivity contribution in [2.24, 2.45) is 5.41 Å². The van der Waals surface area contributed by atoms with Crippen LogP contribution in [0.15, 0.2) is 24.3 Å². The number of ketones is 1. The lowest BCUT2D eigenvalue weighted by Gasteiger charge is -2.19. The van der Waals surface area contributed by atoms with E-state index >= 15 is 0 Å². The van der Waals surface area contributed by atoms with Gasteiger partial charge in [-0.3, -0.25) is 4.79 Å². The smallest absolute Gasteiger partial charge is 0.154 e. The third-order valence-corrected chi connectivity index (χ3v) is 2.68. The molecular weight excluding hydrogens is 238 g/mol. The maximum absolute atomic E-state index is 12.1. The minimum absolute atomic E-state index is 0.0286. The molecule has 0 saturated carbocycles. The standard InChI is InChI=1S/C16H21NO2/c1-5-19-13-8-6-12(7-9-13)14(11-17)15(18)10-16(2,3)4/h6-9,14H,5,10H2,1-4H3. The molecule has 0 aromatic heterocycles. The number of ether oxygens (including phenoxy) is 1. The number of nitrogens with zero attached hydrogens (tertiary/aromatic N) is 1. The van der Waals surface area contributed by atoms with Crippen LogP contribution in [0.2, 0.25) is 0 Å². The summed E-state index contributed by atoms with van der Waals surface area (Å²) in [5.74, 6) is 0.0419. The zero-order chi connectivity index (χ0) is 14.5. The Balaban J connectivity index is 2.86. The summed E-state index contributed by atoms with van der Waals surface area (Å²) >= 11 is 0. The van der Waals surface area contributed by atoms with Crippen molar-refractivity contribution >= 4 is 5.78 Å². The van der Waals surface area contributed by atoms with E-state index in [4.69, 9.17) is 4.74 Å². The van der Waals surface area contributed by atoms with Crippen molar-refractivity contribution in [2.75, 3.05) is 6.61 Å². The molecule has 1 unspecified atom stereocenters. The largest absolute Gasteiger partial charge is 0.494 e. The Morgan fingerprint density at radius 2 is 1.89 bits per heavy atom. The molecule has 0 fully saturated rings. The van der Waals surface area contributed by atoms with Crippen LogP contribution in [0.4, 0.5) is 0 Å². The van der Waals surface area contributed by atoms with E-state index in [0.717, 1.165) is 11.3 Å². The fraction of sp³-hybridized carbons (Fsp3) is 0.500. The first-order valence-corrected chi connectivity index (χ1v) is 6.52. The van der Waals surface area contributed by atoms with Crippen molar-refractivity contribution in [1.82, 2.24) is 0 Å². The predicted molar refractivity (Wildman–Crippen MR) is 75.0 cm³/mol. The molecule has 1 aromatic carbocycles. The fourth-order valence-electron chi connectivity index (χ4n) is 1.88. The highest BCUT2D eigenvalue weighted by Crippen LogP contribution is 2.26. The van der Waals surface area contributed by atoms with Gasteiger partial charge in [-0.05, 0) is 30.0 Å². The monoisotopic (exact) mass is 259 g/mol. The first kappa shape index (κ1) is 15.2. The topological polar surface area (TPSA) is 50.1 Å². The minimum atomic E-state index is -0.685. The lowest BCUT2D eigenvalue weighted by molar-refractivity contribution is -0.121. The van der Waals surface area contributed by atoms with Crippen molar-refractivity contribution in [3.63, 3.8) is 0 Å². The highest BCUT2D eigenvalue weighted by molar-refractivity contribution is 5.88. The second-order valence-electron chi connectivity index (χ2n) is 5.77. The van der Waals surface area contributed by atoms with Gasteiger partial charge in [-0.2, -0.15) is 5.26 Å². The highest BCUT2D eigenvalue weighted by Gasteiger charge is 2.25. The molecule has 0 amide bonds. The van der Waals surface area contributed by atoms with E-state index in [9.17, 15) is 10.1 Å². The Morgan fingerprint density at radius 1 is 1.32 bits per heavy atom. The Kier molecular flexibility index (Phi) is 5.11. The molecule has 0 saturated heterocycles. The molecule has 0 aliphatic rings. The zero-order valence-electron chi connectivity index (χ0n) is 12.1. The first-order valence-electron chi connectivity index (χ1n) is 6.52. The molecule has 3 heteroatoms. The van der Waals surface area contributed by atoms with Crippen molar-refractivity contribution in [1.29, 1.82) is 5.26 Å². The van der Waals surface area contributed by atoms with Gasteiger partial charge in [0.15, 0.2) is 5.78 Å². The van der Waals surface area contributed by atoms with Crippen LogP contribution in [0.25, 0.3) is 0 Å². The van der Waals surface area contributed by atoms with Crippen molar-refractivity contribution in [3.05, 3.63) is 29.8 Å². The minimum Gasteiger partial charge on any atom is -0.494 e. The van der Waals surface area contributed by atoms with E-state index in [0.29, 0.717) is 13.0 Å². The third kappa shape index (κ3) is 4.75. The number of hydrogen-bond donors (Lipinski definition) is 0. The molecular formula is C16H21NO2. The quantitative estimate of drug-likeness (QED) is 0.810.